The van der Waals surface area contributed by atoms with Gasteiger partial charge in [-0.1, -0.05) is 0 Å². The van der Waals surface area contributed by atoms with E-state index < -0.39 is 51.6 Å². The minimum Gasteiger partial charge on any atom is -0.494 e. The van der Waals surface area contributed by atoms with E-state index in [0.29, 0.717) is 19.4 Å². The summed E-state index contributed by atoms with van der Waals surface area (Å²) in [4.78, 5) is 0. The largest absolute Gasteiger partial charge is 0.494 e. The summed E-state index contributed by atoms with van der Waals surface area (Å²) < 4.78 is 84.8. The third-order valence-electron chi connectivity index (χ3n) is 2.70. The summed E-state index contributed by atoms with van der Waals surface area (Å²) in [6.45, 7) is 0. The van der Waals surface area contributed by atoms with Gasteiger partial charge >= 0.3 is 0 Å². The van der Waals surface area contributed by atoms with Gasteiger partial charge in [-0.3, -0.25) is 0 Å². The van der Waals surface area contributed by atoms with Crippen LogP contribution in [0.2, 0.25) is 0 Å². The smallest absolute Gasteiger partial charge is 0.203 e. The van der Waals surface area contributed by atoms with Gasteiger partial charge in [0.05, 0.1) is 7.11 Å². The van der Waals surface area contributed by atoms with Crippen molar-refractivity contribution in [2.24, 2.45) is 0 Å². The fourth-order valence-corrected chi connectivity index (χ4v) is 1.71. The van der Waals surface area contributed by atoms with Crippen LogP contribution in [0.3, 0.4) is 0 Å². The highest BCUT2D eigenvalue weighted by atomic mass is 19.2. The Morgan fingerprint density at radius 2 is 1.43 bits per heavy atom. The second-order valence-corrected chi connectivity index (χ2v) is 4.04. The second-order valence-electron chi connectivity index (χ2n) is 4.04. The molecule has 0 atom stereocenters. The van der Waals surface area contributed by atoms with Crippen molar-refractivity contribution in [1.82, 2.24) is 0 Å². The van der Waals surface area contributed by atoms with Gasteiger partial charge in [-0.15, -0.1) is 0 Å². The summed E-state index contributed by atoms with van der Waals surface area (Å²) in [5.41, 5.74) is -1.77. The number of halogens is 6. The van der Waals surface area contributed by atoms with Gasteiger partial charge in [-0.05, 0) is 17.0 Å². The maximum Gasteiger partial charge on any atom is 0.203 e. The first-order valence-corrected chi connectivity index (χ1v) is 5.56. The van der Waals surface area contributed by atoms with Crippen LogP contribution in [0.5, 0.6) is 5.75 Å². The Hall–Kier alpha value is -2.12. The molecule has 0 aliphatic rings. The molecule has 0 spiro atoms. The quantitative estimate of drug-likeness (QED) is 0.480. The predicted octanol–water partition coefficient (Wildman–Crippen LogP) is 2.18. The van der Waals surface area contributed by atoms with Crippen molar-refractivity contribution < 1.29 is 31.1 Å². The topological polar surface area (TPSA) is 9.23 Å². The molecular weight excluding hydrogens is 297 g/mol. The minimum atomic E-state index is -1.63. The number of hydrogen-bond acceptors (Lipinski definition) is 1. The summed E-state index contributed by atoms with van der Waals surface area (Å²) in [5, 5.41) is 0. The van der Waals surface area contributed by atoms with E-state index in [0.717, 1.165) is 7.11 Å². The van der Waals surface area contributed by atoms with Crippen molar-refractivity contribution in [3.8, 4) is 5.75 Å². The molecule has 0 aliphatic heterocycles. The van der Waals surface area contributed by atoms with Crippen molar-refractivity contribution in [3.63, 3.8) is 0 Å². The molecule has 0 saturated carbocycles. The molecule has 0 aliphatic carbocycles. The summed E-state index contributed by atoms with van der Waals surface area (Å²) >= 11 is 0. The zero-order chi connectivity index (χ0) is 15.7. The summed E-state index contributed by atoms with van der Waals surface area (Å²) in [5.74, 6) is -9.22. The van der Waals surface area contributed by atoms with Crippen LogP contribution in [0.4, 0.5) is 26.3 Å². The average molecular weight is 303 g/mol. The van der Waals surface area contributed by atoms with Crippen LogP contribution in [-0.2, 0) is 0 Å². The first-order valence-electron chi connectivity index (χ1n) is 5.56. The number of hydrogen-bond donors (Lipinski definition) is 0. The molecule has 2 aromatic rings. The molecule has 0 unspecified atom stereocenters. The van der Waals surface area contributed by atoms with Crippen LogP contribution in [0, 0.1) is 34.9 Å². The zero-order valence-corrected chi connectivity index (χ0v) is 10.5. The van der Waals surface area contributed by atoms with E-state index in [1.807, 2.05) is 0 Å². The molecule has 21 heavy (non-hydrogen) atoms. The molecule has 1 nitrogen and oxygen atoms in total. The van der Waals surface area contributed by atoms with Gasteiger partial charge in [0, 0.05) is 12.1 Å². The molecule has 0 saturated heterocycles. The summed E-state index contributed by atoms with van der Waals surface area (Å²) in [7, 11) is 1.47. The molecule has 2 aromatic carbocycles. The number of methoxy groups -OCH3 is 1. The fourth-order valence-electron chi connectivity index (χ4n) is 1.71. The summed E-state index contributed by atoms with van der Waals surface area (Å²) in [6.07, 6.45) is 0. The SMILES string of the molecule is COc1cc(F)c(F)c([B]c2cc(F)cc(F)c2F)c1F. The Kier molecular flexibility index (Phi) is 4.15. The van der Waals surface area contributed by atoms with Crippen molar-refractivity contribution in [3.05, 3.63) is 53.1 Å². The first kappa shape index (κ1) is 15.3. The van der Waals surface area contributed by atoms with Crippen LogP contribution in [0.15, 0.2) is 18.2 Å². The van der Waals surface area contributed by atoms with Crippen molar-refractivity contribution in [2.75, 3.05) is 7.11 Å². The Balaban J connectivity index is 2.57. The van der Waals surface area contributed by atoms with Gasteiger partial charge in [-0.2, -0.15) is 0 Å². The predicted molar refractivity (Wildman–Crippen MR) is 64.2 cm³/mol. The average Bonchev–Trinajstić information content (AvgIpc) is 2.43. The lowest BCUT2D eigenvalue weighted by atomic mass is 9.63. The molecule has 0 aromatic heterocycles. The third-order valence-corrected chi connectivity index (χ3v) is 2.70. The summed E-state index contributed by atoms with van der Waals surface area (Å²) in [6, 6.07) is 1.25. The number of rotatable bonds is 3. The standard InChI is InChI=1S/C13H6BF6O/c1-21-9-4-8(17)12(19)10(13(9)20)14-6-2-5(15)3-7(16)11(6)18/h2-4H,1H3. The van der Waals surface area contributed by atoms with Crippen LogP contribution >= 0.6 is 0 Å². The molecular formula is C13H6BF6O. The second kappa shape index (κ2) is 5.71. The third kappa shape index (κ3) is 2.84. The number of benzene rings is 2. The Labute approximate surface area is 116 Å². The van der Waals surface area contributed by atoms with Crippen molar-refractivity contribution in [2.45, 2.75) is 0 Å². The Bertz CT molecular complexity index is 704. The van der Waals surface area contributed by atoms with Crippen LogP contribution in [0.1, 0.15) is 0 Å². The van der Waals surface area contributed by atoms with E-state index in [-0.39, 0.29) is 6.07 Å². The first-order chi connectivity index (χ1) is 9.85. The lowest BCUT2D eigenvalue weighted by molar-refractivity contribution is 0.379. The molecule has 0 N–H and O–H groups in total. The minimum absolute atomic E-state index is 0.269. The highest BCUT2D eigenvalue weighted by molar-refractivity contribution is 6.67. The monoisotopic (exact) mass is 303 g/mol. The van der Waals surface area contributed by atoms with E-state index >= 15 is 0 Å². The molecule has 2 rings (SSSR count). The zero-order valence-electron chi connectivity index (χ0n) is 10.5. The molecule has 8 heteroatoms. The molecule has 0 bridgehead atoms. The van der Waals surface area contributed by atoms with Gasteiger partial charge in [0.25, 0.3) is 0 Å². The van der Waals surface area contributed by atoms with Gasteiger partial charge in [0.2, 0.25) is 7.28 Å². The van der Waals surface area contributed by atoms with Gasteiger partial charge in [0.1, 0.15) is 5.82 Å². The Morgan fingerprint density at radius 3 is 2.05 bits per heavy atom. The fraction of sp³-hybridized carbons (Fsp3) is 0.0769. The maximum absolute atomic E-state index is 13.9. The van der Waals surface area contributed by atoms with Gasteiger partial charge in [-0.25, -0.2) is 26.3 Å². The van der Waals surface area contributed by atoms with Crippen LogP contribution in [-0.4, -0.2) is 14.4 Å². The Morgan fingerprint density at radius 1 is 0.810 bits per heavy atom. The molecule has 109 valence electrons. The van der Waals surface area contributed by atoms with Crippen molar-refractivity contribution in [1.29, 1.82) is 0 Å². The highest BCUT2D eigenvalue weighted by Crippen LogP contribution is 2.18. The lowest BCUT2D eigenvalue weighted by Crippen LogP contribution is -2.36. The maximum atomic E-state index is 13.9. The molecule has 0 amide bonds. The molecule has 1 radical (unpaired) electrons. The van der Waals surface area contributed by atoms with E-state index in [9.17, 15) is 26.3 Å². The van der Waals surface area contributed by atoms with Gasteiger partial charge < -0.3 is 4.74 Å². The van der Waals surface area contributed by atoms with Crippen LogP contribution in [0.25, 0.3) is 0 Å². The van der Waals surface area contributed by atoms with E-state index in [1.165, 1.54) is 0 Å². The van der Waals surface area contributed by atoms with Crippen molar-refractivity contribution >= 4 is 18.2 Å². The molecule has 0 fully saturated rings. The lowest BCUT2D eigenvalue weighted by Gasteiger charge is -2.10. The number of ether oxygens (including phenoxy) is 1. The van der Waals surface area contributed by atoms with E-state index in [1.54, 1.807) is 0 Å². The highest BCUT2D eigenvalue weighted by Gasteiger charge is 2.23. The van der Waals surface area contributed by atoms with E-state index in [2.05, 4.69) is 4.74 Å². The van der Waals surface area contributed by atoms with Crippen LogP contribution < -0.4 is 15.7 Å². The molecule has 0 heterocycles. The van der Waals surface area contributed by atoms with E-state index in [4.69, 9.17) is 0 Å². The van der Waals surface area contributed by atoms with Gasteiger partial charge in [0.15, 0.2) is 34.8 Å². The normalized spacial score (nSPS) is 10.6.